The quantitative estimate of drug-likeness (QED) is 0.439. The number of hydrogen-bond donors (Lipinski definition) is 2. The van der Waals surface area contributed by atoms with E-state index in [0.29, 0.717) is 13.1 Å². The average Bonchev–Trinajstić information content (AvgIpc) is 3.19. The van der Waals surface area contributed by atoms with Gasteiger partial charge in [-0.05, 0) is 44.0 Å². The second kappa shape index (κ2) is 10.6. The Hall–Kier alpha value is -2.97. The smallest absolute Gasteiger partial charge is 0.191 e. The molecule has 3 heterocycles. The Labute approximate surface area is 189 Å². The number of nitrogens with zero attached hydrogens (tertiary/aromatic N) is 5. The van der Waals surface area contributed by atoms with Crippen molar-refractivity contribution in [3.63, 3.8) is 0 Å². The lowest BCUT2D eigenvalue weighted by molar-refractivity contribution is -0.0705. The molecule has 170 valence electrons. The van der Waals surface area contributed by atoms with Crippen molar-refractivity contribution in [2.45, 2.75) is 52.6 Å². The zero-order chi connectivity index (χ0) is 22.3. The zero-order valence-electron chi connectivity index (χ0n) is 19.2. The fourth-order valence-corrected chi connectivity index (χ4v) is 4.20. The van der Waals surface area contributed by atoms with E-state index in [0.717, 1.165) is 43.6 Å². The van der Waals surface area contributed by atoms with Crippen molar-refractivity contribution in [3.05, 3.63) is 65.6 Å². The van der Waals surface area contributed by atoms with Gasteiger partial charge >= 0.3 is 0 Å². The Kier molecular flexibility index (Phi) is 7.34. The Morgan fingerprint density at radius 2 is 1.78 bits per heavy atom. The van der Waals surface area contributed by atoms with Gasteiger partial charge in [0.05, 0.1) is 25.3 Å². The first-order valence-corrected chi connectivity index (χ1v) is 11.4. The fraction of sp³-hybridized carbons (Fsp3) is 0.458. The van der Waals surface area contributed by atoms with Crippen molar-refractivity contribution in [1.29, 1.82) is 0 Å². The number of guanidine groups is 1. The SMILES string of the molecule is CCNC(=NCc1ccccc1CN1CC(C)OC(C)C1)NCc1nnc2ccccn12. The number of hydrogen-bond acceptors (Lipinski definition) is 5. The highest BCUT2D eigenvalue weighted by Gasteiger charge is 2.22. The first-order chi connectivity index (χ1) is 15.6. The number of rotatable bonds is 7. The maximum absolute atomic E-state index is 5.88. The Bertz CT molecular complexity index is 1040. The van der Waals surface area contributed by atoms with Gasteiger partial charge in [0.15, 0.2) is 17.4 Å². The van der Waals surface area contributed by atoms with E-state index in [1.807, 2.05) is 28.8 Å². The van der Waals surface area contributed by atoms with Crippen molar-refractivity contribution in [2.75, 3.05) is 19.6 Å². The Balaban J connectivity index is 1.43. The van der Waals surface area contributed by atoms with Crippen molar-refractivity contribution in [1.82, 2.24) is 30.1 Å². The number of benzene rings is 1. The van der Waals surface area contributed by atoms with Crippen molar-refractivity contribution in [2.24, 2.45) is 4.99 Å². The van der Waals surface area contributed by atoms with E-state index < -0.39 is 0 Å². The Morgan fingerprint density at radius 1 is 1.03 bits per heavy atom. The lowest BCUT2D eigenvalue weighted by Gasteiger charge is -2.35. The molecule has 1 aliphatic heterocycles. The van der Waals surface area contributed by atoms with Crippen LogP contribution in [0.15, 0.2) is 53.7 Å². The molecule has 1 fully saturated rings. The van der Waals surface area contributed by atoms with Gasteiger partial charge < -0.3 is 15.4 Å². The van der Waals surface area contributed by atoms with Gasteiger partial charge in [-0.3, -0.25) is 9.30 Å². The standard InChI is InChI=1S/C24H33N7O/c1-4-25-24(27-14-23-29-28-22-11-7-8-12-31(22)23)26-13-20-9-5-6-10-21(20)17-30-15-18(2)32-19(3)16-30/h5-12,18-19H,4,13-17H2,1-3H3,(H2,25,26,27). The number of pyridine rings is 1. The molecule has 2 aromatic heterocycles. The van der Waals surface area contributed by atoms with Crippen molar-refractivity contribution in [3.8, 4) is 0 Å². The third-order valence-electron chi connectivity index (χ3n) is 5.56. The summed E-state index contributed by atoms with van der Waals surface area (Å²) in [6.45, 7) is 11.1. The predicted octanol–water partition coefficient (Wildman–Crippen LogP) is 2.59. The van der Waals surface area contributed by atoms with Crippen LogP contribution in [0.1, 0.15) is 37.7 Å². The average molecular weight is 436 g/mol. The minimum atomic E-state index is 0.265. The maximum Gasteiger partial charge on any atom is 0.191 e. The van der Waals surface area contributed by atoms with Crippen molar-refractivity contribution >= 4 is 11.6 Å². The van der Waals surface area contributed by atoms with Gasteiger partial charge in [0.2, 0.25) is 0 Å². The van der Waals surface area contributed by atoms with Gasteiger partial charge in [0.25, 0.3) is 0 Å². The molecule has 3 aromatic rings. The molecule has 1 aliphatic rings. The molecule has 8 nitrogen and oxygen atoms in total. The Morgan fingerprint density at radius 3 is 2.56 bits per heavy atom. The molecule has 2 unspecified atom stereocenters. The molecule has 2 N–H and O–H groups in total. The van der Waals surface area contributed by atoms with E-state index in [4.69, 9.17) is 9.73 Å². The molecule has 8 heteroatoms. The normalized spacial score (nSPS) is 19.9. The second-order valence-electron chi connectivity index (χ2n) is 8.31. The highest BCUT2D eigenvalue weighted by Crippen LogP contribution is 2.17. The van der Waals surface area contributed by atoms with Crippen LogP contribution in [0.5, 0.6) is 0 Å². The van der Waals surface area contributed by atoms with Crippen LogP contribution >= 0.6 is 0 Å². The van der Waals surface area contributed by atoms with Crippen LogP contribution in [0, 0.1) is 0 Å². The van der Waals surface area contributed by atoms with Gasteiger partial charge in [-0.15, -0.1) is 10.2 Å². The number of morpholine rings is 1. The summed E-state index contributed by atoms with van der Waals surface area (Å²) in [6, 6.07) is 14.5. The lowest BCUT2D eigenvalue weighted by atomic mass is 10.1. The van der Waals surface area contributed by atoms with Crippen LogP contribution in [-0.2, 0) is 24.4 Å². The minimum absolute atomic E-state index is 0.265. The van der Waals surface area contributed by atoms with E-state index in [2.05, 4.69) is 70.8 Å². The molecular formula is C24H33N7O. The third kappa shape index (κ3) is 5.63. The summed E-state index contributed by atoms with van der Waals surface area (Å²) in [5.74, 6) is 1.62. The van der Waals surface area contributed by atoms with E-state index in [-0.39, 0.29) is 12.2 Å². The van der Waals surface area contributed by atoms with Crippen molar-refractivity contribution < 1.29 is 4.74 Å². The van der Waals surface area contributed by atoms with Crippen LogP contribution < -0.4 is 10.6 Å². The molecule has 1 saturated heterocycles. The number of aromatic nitrogens is 3. The second-order valence-corrected chi connectivity index (χ2v) is 8.31. The number of ether oxygens (including phenoxy) is 1. The molecule has 0 saturated carbocycles. The molecule has 0 aliphatic carbocycles. The number of fused-ring (bicyclic) bond motifs is 1. The summed E-state index contributed by atoms with van der Waals surface area (Å²) in [4.78, 5) is 7.31. The molecule has 0 bridgehead atoms. The number of nitrogens with one attached hydrogen (secondary N) is 2. The monoisotopic (exact) mass is 435 g/mol. The van der Waals surface area contributed by atoms with Gasteiger partial charge in [-0.2, -0.15) is 0 Å². The fourth-order valence-electron chi connectivity index (χ4n) is 4.20. The highest BCUT2D eigenvalue weighted by molar-refractivity contribution is 5.79. The van der Waals surface area contributed by atoms with Gasteiger partial charge in [-0.1, -0.05) is 30.3 Å². The molecular weight excluding hydrogens is 402 g/mol. The summed E-state index contributed by atoms with van der Waals surface area (Å²) < 4.78 is 7.87. The van der Waals surface area contributed by atoms with Crippen LogP contribution in [-0.4, -0.2) is 57.3 Å². The third-order valence-corrected chi connectivity index (χ3v) is 5.56. The summed E-state index contributed by atoms with van der Waals surface area (Å²) in [5, 5.41) is 15.2. The highest BCUT2D eigenvalue weighted by atomic mass is 16.5. The van der Waals surface area contributed by atoms with Crippen LogP contribution in [0.2, 0.25) is 0 Å². The topological polar surface area (TPSA) is 79.1 Å². The summed E-state index contributed by atoms with van der Waals surface area (Å²) >= 11 is 0. The molecule has 4 rings (SSSR count). The first-order valence-electron chi connectivity index (χ1n) is 11.4. The summed E-state index contributed by atoms with van der Waals surface area (Å²) in [5.41, 5.74) is 3.40. The largest absolute Gasteiger partial charge is 0.373 e. The predicted molar refractivity (Wildman–Crippen MR) is 126 cm³/mol. The lowest BCUT2D eigenvalue weighted by Crippen LogP contribution is -2.44. The van der Waals surface area contributed by atoms with Crippen LogP contribution in [0.25, 0.3) is 5.65 Å². The van der Waals surface area contributed by atoms with Gasteiger partial charge in [-0.25, -0.2) is 4.99 Å². The zero-order valence-corrected chi connectivity index (χ0v) is 19.2. The molecule has 0 amide bonds. The maximum atomic E-state index is 5.88. The number of aliphatic imine (C=N–C) groups is 1. The molecule has 32 heavy (non-hydrogen) atoms. The van der Waals surface area contributed by atoms with Crippen LogP contribution in [0.4, 0.5) is 0 Å². The molecule has 2 atom stereocenters. The molecule has 0 spiro atoms. The van der Waals surface area contributed by atoms with Gasteiger partial charge in [0, 0.05) is 32.4 Å². The summed E-state index contributed by atoms with van der Waals surface area (Å²) in [7, 11) is 0. The van der Waals surface area contributed by atoms with Crippen LogP contribution in [0.3, 0.4) is 0 Å². The van der Waals surface area contributed by atoms with E-state index in [1.54, 1.807) is 0 Å². The van der Waals surface area contributed by atoms with Gasteiger partial charge in [0.1, 0.15) is 0 Å². The molecule has 0 radical (unpaired) electrons. The summed E-state index contributed by atoms with van der Waals surface area (Å²) in [6.07, 6.45) is 2.50. The van der Waals surface area contributed by atoms with E-state index >= 15 is 0 Å². The minimum Gasteiger partial charge on any atom is -0.373 e. The van der Waals surface area contributed by atoms with E-state index in [1.165, 1.54) is 11.1 Å². The molecule has 1 aromatic carbocycles. The first kappa shape index (κ1) is 22.2. The van der Waals surface area contributed by atoms with E-state index in [9.17, 15) is 0 Å².